The van der Waals surface area contributed by atoms with Gasteiger partial charge in [0.05, 0.1) is 17.7 Å². The molecule has 0 aromatic carbocycles. The van der Waals surface area contributed by atoms with Gasteiger partial charge in [0.1, 0.15) is 5.15 Å². The highest BCUT2D eigenvalue weighted by atomic mass is 35.5. The highest BCUT2D eigenvalue weighted by Crippen LogP contribution is 2.07. The molecule has 0 N–H and O–H groups in total. The van der Waals surface area contributed by atoms with Gasteiger partial charge in [-0.1, -0.05) is 17.7 Å². The van der Waals surface area contributed by atoms with E-state index in [0.29, 0.717) is 11.7 Å². The van der Waals surface area contributed by atoms with Crippen LogP contribution in [0.4, 0.5) is 0 Å². The van der Waals surface area contributed by atoms with Crippen molar-refractivity contribution in [2.75, 3.05) is 13.6 Å². The van der Waals surface area contributed by atoms with Gasteiger partial charge in [0.15, 0.2) is 0 Å². The van der Waals surface area contributed by atoms with Gasteiger partial charge < -0.3 is 0 Å². The predicted molar refractivity (Wildman–Crippen MR) is 60.4 cm³/mol. The van der Waals surface area contributed by atoms with Gasteiger partial charge in [-0.25, -0.2) is 4.98 Å². The SMILES string of the molecule is CC(C#N)CN(C)Cc1cccc(Cl)n1. The first kappa shape index (κ1) is 12.0. The Balaban J connectivity index is 2.52. The van der Waals surface area contributed by atoms with Crippen LogP contribution < -0.4 is 0 Å². The molecule has 15 heavy (non-hydrogen) atoms. The summed E-state index contributed by atoms with van der Waals surface area (Å²) in [6, 6.07) is 7.77. The summed E-state index contributed by atoms with van der Waals surface area (Å²) in [5, 5.41) is 9.19. The van der Waals surface area contributed by atoms with Crippen LogP contribution in [0.2, 0.25) is 5.15 Å². The predicted octanol–water partition coefficient (Wildman–Crippen LogP) is 2.33. The van der Waals surface area contributed by atoms with Gasteiger partial charge in [-0.2, -0.15) is 5.26 Å². The molecular weight excluding hydrogens is 210 g/mol. The number of rotatable bonds is 4. The summed E-state index contributed by atoms with van der Waals surface area (Å²) in [7, 11) is 1.97. The Morgan fingerprint density at radius 2 is 2.33 bits per heavy atom. The van der Waals surface area contributed by atoms with Gasteiger partial charge >= 0.3 is 0 Å². The molecule has 1 heterocycles. The first-order valence-corrected chi connectivity index (χ1v) is 5.19. The van der Waals surface area contributed by atoms with E-state index in [9.17, 15) is 0 Å². The molecule has 0 radical (unpaired) electrons. The van der Waals surface area contributed by atoms with E-state index in [1.165, 1.54) is 0 Å². The molecule has 0 aliphatic rings. The number of nitriles is 1. The molecule has 0 saturated heterocycles. The monoisotopic (exact) mass is 223 g/mol. The zero-order valence-electron chi connectivity index (χ0n) is 8.94. The highest BCUT2D eigenvalue weighted by molar-refractivity contribution is 6.29. The van der Waals surface area contributed by atoms with Gasteiger partial charge in [-0.15, -0.1) is 0 Å². The normalized spacial score (nSPS) is 12.5. The lowest BCUT2D eigenvalue weighted by atomic mass is 10.2. The summed E-state index contributed by atoms with van der Waals surface area (Å²) in [5.74, 6) is 0.0363. The third-order valence-corrected chi connectivity index (χ3v) is 2.22. The van der Waals surface area contributed by atoms with Crippen molar-refractivity contribution < 1.29 is 0 Å². The Morgan fingerprint density at radius 3 is 2.93 bits per heavy atom. The molecule has 0 aliphatic carbocycles. The van der Waals surface area contributed by atoms with E-state index in [4.69, 9.17) is 16.9 Å². The fraction of sp³-hybridized carbons (Fsp3) is 0.455. The number of nitrogens with zero attached hydrogens (tertiary/aromatic N) is 3. The van der Waals surface area contributed by atoms with E-state index in [0.717, 1.165) is 12.2 Å². The van der Waals surface area contributed by atoms with Crippen molar-refractivity contribution in [2.24, 2.45) is 5.92 Å². The summed E-state index contributed by atoms with van der Waals surface area (Å²) >= 11 is 5.78. The van der Waals surface area contributed by atoms with Gasteiger partial charge in [0, 0.05) is 13.1 Å². The lowest BCUT2D eigenvalue weighted by Gasteiger charge is -2.17. The van der Waals surface area contributed by atoms with Crippen LogP contribution in [-0.2, 0) is 6.54 Å². The molecule has 1 aromatic heterocycles. The molecular formula is C11H14ClN3. The minimum absolute atomic E-state index is 0.0363. The summed E-state index contributed by atoms with van der Waals surface area (Å²) in [5.41, 5.74) is 0.926. The molecule has 1 aromatic rings. The third-order valence-electron chi connectivity index (χ3n) is 2.01. The van der Waals surface area contributed by atoms with Crippen LogP contribution >= 0.6 is 11.6 Å². The van der Waals surface area contributed by atoms with Crippen LogP contribution in [0.1, 0.15) is 12.6 Å². The maximum absolute atomic E-state index is 8.68. The standard InChI is InChI=1S/C11H14ClN3/c1-9(6-13)7-15(2)8-10-4-3-5-11(12)14-10/h3-5,9H,7-8H2,1-2H3. The van der Waals surface area contributed by atoms with Crippen LogP contribution in [0, 0.1) is 17.2 Å². The van der Waals surface area contributed by atoms with Gasteiger partial charge in [-0.3, -0.25) is 4.90 Å². The van der Waals surface area contributed by atoms with Crippen molar-refractivity contribution in [3.05, 3.63) is 29.0 Å². The van der Waals surface area contributed by atoms with Crippen molar-refractivity contribution in [3.8, 4) is 6.07 Å². The maximum atomic E-state index is 8.68. The Kier molecular flexibility index (Phi) is 4.54. The van der Waals surface area contributed by atoms with Crippen LogP contribution in [0.15, 0.2) is 18.2 Å². The van der Waals surface area contributed by atoms with Crippen LogP contribution in [-0.4, -0.2) is 23.5 Å². The van der Waals surface area contributed by atoms with Gasteiger partial charge in [-0.05, 0) is 26.1 Å². The first-order chi connectivity index (χ1) is 7.11. The second kappa shape index (κ2) is 5.69. The van der Waals surface area contributed by atoms with E-state index in [-0.39, 0.29) is 5.92 Å². The topological polar surface area (TPSA) is 39.9 Å². The van der Waals surface area contributed by atoms with Gasteiger partial charge in [0.25, 0.3) is 0 Å². The van der Waals surface area contributed by atoms with E-state index in [1.54, 1.807) is 6.07 Å². The number of hydrogen-bond donors (Lipinski definition) is 0. The van der Waals surface area contributed by atoms with Crippen molar-refractivity contribution in [1.29, 1.82) is 5.26 Å². The Labute approximate surface area is 95.3 Å². The number of halogens is 1. The maximum Gasteiger partial charge on any atom is 0.129 e. The van der Waals surface area contributed by atoms with E-state index < -0.39 is 0 Å². The Hall–Kier alpha value is -1.11. The quantitative estimate of drug-likeness (QED) is 0.736. The summed E-state index contributed by atoms with van der Waals surface area (Å²) in [6.07, 6.45) is 0. The molecule has 0 saturated carbocycles. The molecule has 1 rings (SSSR count). The van der Waals surface area contributed by atoms with Crippen molar-refractivity contribution in [1.82, 2.24) is 9.88 Å². The number of pyridine rings is 1. The van der Waals surface area contributed by atoms with E-state index in [2.05, 4.69) is 16.0 Å². The Bertz CT molecular complexity index is 359. The van der Waals surface area contributed by atoms with Crippen LogP contribution in [0.25, 0.3) is 0 Å². The average Bonchev–Trinajstić information content (AvgIpc) is 2.17. The fourth-order valence-corrected chi connectivity index (χ4v) is 1.57. The van der Waals surface area contributed by atoms with Crippen molar-refractivity contribution >= 4 is 11.6 Å². The largest absolute Gasteiger partial charge is 0.299 e. The van der Waals surface area contributed by atoms with E-state index >= 15 is 0 Å². The van der Waals surface area contributed by atoms with Crippen molar-refractivity contribution in [2.45, 2.75) is 13.5 Å². The minimum Gasteiger partial charge on any atom is -0.299 e. The zero-order chi connectivity index (χ0) is 11.3. The van der Waals surface area contributed by atoms with Crippen LogP contribution in [0.5, 0.6) is 0 Å². The van der Waals surface area contributed by atoms with Crippen LogP contribution in [0.3, 0.4) is 0 Å². The molecule has 1 atom stereocenters. The lowest BCUT2D eigenvalue weighted by molar-refractivity contribution is 0.300. The first-order valence-electron chi connectivity index (χ1n) is 4.81. The zero-order valence-corrected chi connectivity index (χ0v) is 9.70. The molecule has 0 fully saturated rings. The second-order valence-corrected chi connectivity index (χ2v) is 4.07. The molecule has 1 unspecified atom stereocenters. The van der Waals surface area contributed by atoms with E-state index in [1.807, 2.05) is 26.1 Å². The molecule has 3 nitrogen and oxygen atoms in total. The lowest BCUT2D eigenvalue weighted by Crippen LogP contribution is -2.23. The fourth-order valence-electron chi connectivity index (χ4n) is 1.39. The summed E-state index contributed by atoms with van der Waals surface area (Å²) < 4.78 is 0. The van der Waals surface area contributed by atoms with Crippen molar-refractivity contribution in [3.63, 3.8) is 0 Å². The molecule has 4 heteroatoms. The molecule has 80 valence electrons. The third kappa shape index (κ3) is 4.28. The molecule has 0 amide bonds. The molecule has 0 aliphatic heterocycles. The minimum atomic E-state index is 0.0363. The second-order valence-electron chi connectivity index (χ2n) is 3.68. The smallest absolute Gasteiger partial charge is 0.129 e. The number of aromatic nitrogens is 1. The molecule has 0 bridgehead atoms. The Morgan fingerprint density at radius 1 is 1.60 bits per heavy atom. The average molecular weight is 224 g/mol. The molecule has 0 spiro atoms. The number of hydrogen-bond acceptors (Lipinski definition) is 3. The summed E-state index contributed by atoms with van der Waals surface area (Å²) in [4.78, 5) is 6.25. The summed E-state index contributed by atoms with van der Waals surface area (Å²) in [6.45, 7) is 3.36. The van der Waals surface area contributed by atoms with Gasteiger partial charge in [0.2, 0.25) is 0 Å². The highest BCUT2D eigenvalue weighted by Gasteiger charge is 2.06.